The van der Waals surface area contributed by atoms with Crippen molar-refractivity contribution in [3.05, 3.63) is 30.0 Å². The maximum atomic E-state index is 12.8. The summed E-state index contributed by atoms with van der Waals surface area (Å²) in [6.45, 7) is 5.82. The van der Waals surface area contributed by atoms with Crippen LogP contribution < -0.4 is 4.74 Å². The molecule has 0 aliphatic carbocycles. The van der Waals surface area contributed by atoms with Gasteiger partial charge in [-0.3, -0.25) is 4.79 Å². The van der Waals surface area contributed by atoms with Crippen LogP contribution in [0, 0.1) is 0 Å². The second kappa shape index (κ2) is 6.05. The van der Waals surface area contributed by atoms with Crippen molar-refractivity contribution in [1.82, 2.24) is 9.88 Å². The molecule has 0 bridgehead atoms. The molecule has 1 aromatic heterocycles. The molecule has 1 aromatic carbocycles. The maximum absolute atomic E-state index is 12.8. The minimum atomic E-state index is -3.28. The number of amides is 1. The first-order chi connectivity index (χ1) is 11.6. The molecular weight excluding hydrogens is 340 g/mol. The Balaban J connectivity index is 1.81. The minimum Gasteiger partial charge on any atom is -0.497 e. The van der Waals surface area contributed by atoms with E-state index in [1.165, 1.54) is 0 Å². The molecule has 6 nitrogen and oxygen atoms in total. The van der Waals surface area contributed by atoms with E-state index in [0.717, 1.165) is 10.9 Å². The molecular formula is C18H24N2O4S. The van der Waals surface area contributed by atoms with Crippen LogP contribution in [0.15, 0.2) is 24.3 Å². The first-order valence-electron chi connectivity index (χ1n) is 8.33. The summed E-state index contributed by atoms with van der Waals surface area (Å²) in [7, 11) is -1.69. The molecule has 1 saturated heterocycles. The van der Waals surface area contributed by atoms with Crippen molar-refractivity contribution in [2.45, 2.75) is 37.2 Å². The normalized spacial score (nSPS) is 18.7. The molecule has 7 heteroatoms. The highest BCUT2D eigenvalue weighted by atomic mass is 32.2. The zero-order valence-corrected chi connectivity index (χ0v) is 15.8. The Morgan fingerprint density at radius 3 is 2.64 bits per heavy atom. The molecule has 1 aliphatic rings. The number of aromatic amines is 1. The number of hydrogen-bond donors (Lipinski definition) is 1. The number of sulfone groups is 1. The van der Waals surface area contributed by atoms with Crippen molar-refractivity contribution < 1.29 is 17.9 Å². The number of nitrogens with one attached hydrogen (secondary N) is 1. The lowest BCUT2D eigenvalue weighted by Gasteiger charge is -2.24. The quantitative estimate of drug-likeness (QED) is 0.908. The highest BCUT2D eigenvalue weighted by Crippen LogP contribution is 2.28. The van der Waals surface area contributed by atoms with Gasteiger partial charge in [0.2, 0.25) is 0 Å². The van der Waals surface area contributed by atoms with Gasteiger partial charge in [-0.15, -0.1) is 0 Å². The van der Waals surface area contributed by atoms with E-state index in [2.05, 4.69) is 4.98 Å². The van der Waals surface area contributed by atoms with E-state index < -0.39 is 19.8 Å². The number of hydrogen-bond acceptors (Lipinski definition) is 4. The number of likely N-dealkylation sites (tertiary alicyclic amines) is 1. The van der Waals surface area contributed by atoms with Gasteiger partial charge in [0.05, 0.1) is 17.1 Å². The lowest BCUT2D eigenvalue weighted by atomic mass is 10.2. The van der Waals surface area contributed by atoms with Crippen molar-refractivity contribution in [1.29, 1.82) is 0 Å². The Kier molecular flexibility index (Phi) is 4.31. The van der Waals surface area contributed by atoms with E-state index in [1.54, 1.807) is 38.8 Å². The molecule has 2 heterocycles. The van der Waals surface area contributed by atoms with E-state index in [4.69, 9.17) is 4.74 Å². The third kappa shape index (κ3) is 3.13. The van der Waals surface area contributed by atoms with Crippen molar-refractivity contribution in [2.75, 3.05) is 20.2 Å². The number of nitrogens with zero attached hydrogens (tertiary/aromatic N) is 1. The number of methoxy groups -OCH3 is 1. The Hall–Kier alpha value is -2.02. The molecule has 1 aliphatic heterocycles. The molecule has 136 valence electrons. The summed E-state index contributed by atoms with van der Waals surface area (Å²) in [6, 6.07) is 7.36. The second-order valence-corrected chi connectivity index (χ2v) is 10.4. The predicted molar refractivity (Wildman–Crippen MR) is 97.8 cm³/mol. The summed E-state index contributed by atoms with van der Waals surface area (Å²) in [4.78, 5) is 17.5. The van der Waals surface area contributed by atoms with Crippen LogP contribution in [0.3, 0.4) is 0 Å². The van der Waals surface area contributed by atoms with Crippen LogP contribution in [0.1, 0.15) is 37.7 Å². The molecule has 2 aromatic rings. The zero-order chi connectivity index (χ0) is 18.4. The summed E-state index contributed by atoms with van der Waals surface area (Å²) in [5, 5.41) is 0.420. The van der Waals surface area contributed by atoms with Crippen LogP contribution in [0.5, 0.6) is 5.75 Å². The highest BCUT2D eigenvalue weighted by molar-refractivity contribution is 7.93. The Morgan fingerprint density at radius 2 is 2.00 bits per heavy atom. The van der Waals surface area contributed by atoms with Crippen molar-refractivity contribution in [3.8, 4) is 5.75 Å². The van der Waals surface area contributed by atoms with E-state index >= 15 is 0 Å². The van der Waals surface area contributed by atoms with E-state index in [9.17, 15) is 13.2 Å². The molecule has 1 N–H and O–H groups in total. The van der Waals surface area contributed by atoms with Crippen LogP contribution in [0.4, 0.5) is 0 Å². The number of aromatic nitrogens is 1. The lowest BCUT2D eigenvalue weighted by Crippen LogP contribution is -2.39. The summed E-state index contributed by atoms with van der Waals surface area (Å²) in [5.74, 6) is 0.549. The van der Waals surface area contributed by atoms with Gasteiger partial charge >= 0.3 is 0 Å². The molecule has 25 heavy (non-hydrogen) atoms. The van der Waals surface area contributed by atoms with Gasteiger partial charge in [-0.2, -0.15) is 0 Å². The van der Waals surface area contributed by atoms with Crippen molar-refractivity contribution in [2.24, 2.45) is 0 Å². The van der Waals surface area contributed by atoms with Crippen LogP contribution >= 0.6 is 0 Å². The Labute approximate surface area is 148 Å². The summed E-state index contributed by atoms with van der Waals surface area (Å²) in [5.41, 5.74) is 1.29. The molecule has 1 atom stereocenters. The summed E-state index contributed by atoms with van der Waals surface area (Å²) < 4.78 is 29.6. The van der Waals surface area contributed by atoms with Gasteiger partial charge in [0.15, 0.2) is 9.84 Å². The van der Waals surface area contributed by atoms with E-state index in [1.807, 2.05) is 18.2 Å². The van der Waals surface area contributed by atoms with Crippen molar-refractivity contribution in [3.63, 3.8) is 0 Å². The van der Waals surface area contributed by atoms with Crippen LogP contribution in [-0.2, 0) is 9.84 Å². The minimum absolute atomic E-state index is 0.165. The average Bonchev–Trinajstić information content (AvgIpc) is 3.19. The summed E-state index contributed by atoms with van der Waals surface area (Å²) >= 11 is 0. The Morgan fingerprint density at radius 1 is 1.28 bits per heavy atom. The molecule has 1 unspecified atom stereocenters. The van der Waals surface area contributed by atoms with E-state index in [-0.39, 0.29) is 12.5 Å². The molecule has 0 radical (unpaired) electrons. The predicted octanol–water partition coefficient (Wildman–Crippen LogP) is 2.60. The standard InChI is InChI=1S/C18H24N2O4S/c1-18(2,3)25(22,23)14-7-8-20(11-14)17(21)16-9-12-5-6-13(24-4)10-15(12)19-16/h5-6,9-10,14,19H,7-8,11H2,1-4H3. The highest BCUT2D eigenvalue weighted by Gasteiger charge is 2.42. The maximum Gasteiger partial charge on any atom is 0.270 e. The van der Waals surface area contributed by atoms with Gasteiger partial charge < -0.3 is 14.6 Å². The molecule has 0 spiro atoms. The first kappa shape index (κ1) is 17.8. The third-order valence-electron chi connectivity index (χ3n) is 4.78. The molecule has 1 fully saturated rings. The van der Waals surface area contributed by atoms with Gasteiger partial charge in [-0.1, -0.05) is 0 Å². The number of carbonyl (C=O) groups is 1. The van der Waals surface area contributed by atoms with Crippen LogP contribution in [-0.4, -0.2) is 54.4 Å². The molecule has 3 rings (SSSR count). The number of fused-ring (bicyclic) bond motifs is 1. The fourth-order valence-corrected chi connectivity index (χ4v) is 4.98. The fraction of sp³-hybridized carbons (Fsp3) is 0.500. The Bertz CT molecular complexity index is 909. The van der Waals surface area contributed by atoms with Crippen LogP contribution in [0.25, 0.3) is 10.9 Å². The fourth-order valence-electron chi connectivity index (χ4n) is 3.18. The van der Waals surface area contributed by atoms with Gasteiger partial charge in [-0.05, 0) is 45.4 Å². The monoisotopic (exact) mass is 364 g/mol. The third-order valence-corrected chi connectivity index (χ3v) is 7.75. The zero-order valence-electron chi connectivity index (χ0n) is 15.0. The molecule has 0 saturated carbocycles. The summed E-state index contributed by atoms with van der Waals surface area (Å²) in [6.07, 6.45) is 0.486. The number of ether oxygens (including phenoxy) is 1. The first-order valence-corrected chi connectivity index (χ1v) is 9.87. The number of rotatable bonds is 3. The largest absolute Gasteiger partial charge is 0.497 e. The SMILES string of the molecule is COc1ccc2cc(C(=O)N3CCC(S(=O)(=O)C(C)(C)C)C3)[nH]c2c1. The smallest absolute Gasteiger partial charge is 0.270 e. The van der Waals surface area contributed by atoms with Gasteiger partial charge in [0, 0.05) is 30.1 Å². The number of benzene rings is 1. The average molecular weight is 364 g/mol. The number of carbonyl (C=O) groups excluding carboxylic acids is 1. The second-order valence-electron chi connectivity index (χ2n) is 7.46. The van der Waals surface area contributed by atoms with Gasteiger partial charge in [0.25, 0.3) is 5.91 Å². The lowest BCUT2D eigenvalue weighted by molar-refractivity contribution is 0.0788. The topological polar surface area (TPSA) is 79.5 Å². The van der Waals surface area contributed by atoms with E-state index in [0.29, 0.717) is 24.4 Å². The van der Waals surface area contributed by atoms with Gasteiger partial charge in [-0.25, -0.2) is 8.42 Å². The number of H-pyrrole nitrogens is 1. The van der Waals surface area contributed by atoms with Gasteiger partial charge in [0.1, 0.15) is 11.4 Å². The van der Waals surface area contributed by atoms with Crippen molar-refractivity contribution >= 4 is 26.6 Å². The molecule has 1 amide bonds. The van der Waals surface area contributed by atoms with Crippen LogP contribution in [0.2, 0.25) is 0 Å².